The van der Waals surface area contributed by atoms with Crippen molar-refractivity contribution in [2.75, 3.05) is 6.61 Å². The molecule has 0 N–H and O–H groups in total. The first kappa shape index (κ1) is 26.9. The lowest BCUT2D eigenvalue weighted by molar-refractivity contribution is -0.130. The minimum absolute atomic E-state index is 0.330. The van der Waals surface area contributed by atoms with Crippen molar-refractivity contribution < 1.29 is 19.1 Å². The van der Waals surface area contributed by atoms with Crippen molar-refractivity contribution >= 4 is 11.9 Å². The zero-order valence-electron chi connectivity index (χ0n) is 19.8. The number of carbonyl (C=O) groups excluding carboxylic acids is 2. The standard InChI is InChI=1S/C27H42O4/c1-4-5-6-7-8-9-10-11-12-13-14-15-16-17-22-30-27(29)24-18-20-25(21-19-24)31-26(28)23(2)3/h18-21H,2,4-17,22H2,1,3H3. The highest BCUT2D eigenvalue weighted by Gasteiger charge is 2.09. The zero-order valence-corrected chi connectivity index (χ0v) is 19.8. The Labute approximate surface area is 189 Å². The molecule has 0 aliphatic rings. The normalized spacial score (nSPS) is 10.6. The van der Waals surface area contributed by atoms with E-state index in [9.17, 15) is 9.59 Å². The van der Waals surface area contributed by atoms with Crippen molar-refractivity contribution in [3.8, 4) is 5.75 Å². The summed E-state index contributed by atoms with van der Waals surface area (Å²) in [5.41, 5.74) is 0.789. The van der Waals surface area contributed by atoms with Crippen molar-refractivity contribution in [3.05, 3.63) is 42.0 Å². The van der Waals surface area contributed by atoms with Crippen molar-refractivity contribution in [1.29, 1.82) is 0 Å². The third kappa shape index (κ3) is 13.7. The summed E-state index contributed by atoms with van der Waals surface area (Å²) in [7, 11) is 0. The van der Waals surface area contributed by atoms with Gasteiger partial charge in [0.15, 0.2) is 0 Å². The summed E-state index contributed by atoms with van der Waals surface area (Å²) >= 11 is 0. The van der Waals surface area contributed by atoms with Crippen LogP contribution in [0.2, 0.25) is 0 Å². The quantitative estimate of drug-likeness (QED) is 0.103. The van der Waals surface area contributed by atoms with Crippen LogP contribution in [0.25, 0.3) is 0 Å². The molecule has 0 spiro atoms. The fourth-order valence-corrected chi connectivity index (χ4v) is 3.40. The van der Waals surface area contributed by atoms with Gasteiger partial charge in [-0.3, -0.25) is 0 Å². The lowest BCUT2D eigenvalue weighted by atomic mass is 10.0. The van der Waals surface area contributed by atoms with E-state index in [1.807, 2.05) is 0 Å². The summed E-state index contributed by atoms with van der Waals surface area (Å²) < 4.78 is 10.4. The molecule has 0 aliphatic heterocycles. The van der Waals surface area contributed by atoms with Crippen LogP contribution in [-0.4, -0.2) is 18.5 Å². The molecular weight excluding hydrogens is 388 g/mol. The van der Waals surface area contributed by atoms with E-state index in [0.717, 1.165) is 12.8 Å². The van der Waals surface area contributed by atoms with Gasteiger partial charge in [-0.2, -0.15) is 0 Å². The monoisotopic (exact) mass is 430 g/mol. The highest BCUT2D eigenvalue weighted by atomic mass is 16.5. The van der Waals surface area contributed by atoms with E-state index in [0.29, 0.717) is 23.5 Å². The number of carbonyl (C=O) groups is 2. The van der Waals surface area contributed by atoms with Crippen LogP contribution in [0.4, 0.5) is 0 Å². The summed E-state index contributed by atoms with van der Waals surface area (Å²) in [6.45, 7) is 7.84. The molecule has 0 aromatic heterocycles. The van der Waals surface area contributed by atoms with Gasteiger partial charge in [-0.05, 0) is 37.6 Å². The third-order valence-electron chi connectivity index (χ3n) is 5.38. The minimum Gasteiger partial charge on any atom is -0.462 e. The number of benzene rings is 1. The number of rotatable bonds is 18. The Morgan fingerprint density at radius 3 is 1.65 bits per heavy atom. The molecule has 0 aliphatic carbocycles. The number of ether oxygens (including phenoxy) is 2. The molecule has 0 saturated carbocycles. The first-order valence-electron chi connectivity index (χ1n) is 12.2. The Bertz CT molecular complexity index is 633. The molecule has 31 heavy (non-hydrogen) atoms. The Balaban J connectivity index is 1.98. The molecule has 4 heteroatoms. The smallest absolute Gasteiger partial charge is 0.338 e. The number of unbranched alkanes of at least 4 members (excludes halogenated alkanes) is 13. The third-order valence-corrected chi connectivity index (χ3v) is 5.38. The van der Waals surface area contributed by atoms with E-state index >= 15 is 0 Å². The van der Waals surface area contributed by atoms with Crippen molar-refractivity contribution in [1.82, 2.24) is 0 Å². The van der Waals surface area contributed by atoms with Crippen LogP contribution >= 0.6 is 0 Å². The Kier molecular flexibility index (Phi) is 15.3. The van der Waals surface area contributed by atoms with E-state index in [1.54, 1.807) is 31.2 Å². The summed E-state index contributed by atoms with van der Waals surface area (Å²) in [6.07, 6.45) is 18.2. The largest absolute Gasteiger partial charge is 0.462 e. The second kappa shape index (κ2) is 17.6. The van der Waals surface area contributed by atoms with E-state index < -0.39 is 5.97 Å². The van der Waals surface area contributed by atoms with Gasteiger partial charge in [-0.1, -0.05) is 97.0 Å². The molecule has 0 saturated heterocycles. The van der Waals surface area contributed by atoms with Crippen molar-refractivity contribution in [3.63, 3.8) is 0 Å². The van der Waals surface area contributed by atoms with E-state index in [4.69, 9.17) is 9.47 Å². The molecule has 0 fully saturated rings. The van der Waals surface area contributed by atoms with Crippen LogP contribution in [0, 0.1) is 0 Å². The molecule has 1 aromatic carbocycles. The Morgan fingerprint density at radius 2 is 1.19 bits per heavy atom. The van der Waals surface area contributed by atoms with Crippen LogP contribution in [0.1, 0.15) is 114 Å². The van der Waals surface area contributed by atoms with Crippen LogP contribution < -0.4 is 4.74 Å². The Hall–Kier alpha value is -2.10. The maximum atomic E-state index is 12.1. The molecule has 0 heterocycles. The predicted octanol–water partition coefficient (Wildman–Crippen LogP) is 7.81. The molecule has 1 aromatic rings. The zero-order chi connectivity index (χ0) is 22.7. The maximum absolute atomic E-state index is 12.1. The topological polar surface area (TPSA) is 52.6 Å². The summed E-state index contributed by atoms with van der Waals surface area (Å²) in [5, 5.41) is 0. The second-order valence-corrected chi connectivity index (χ2v) is 8.43. The summed E-state index contributed by atoms with van der Waals surface area (Å²) in [6, 6.07) is 6.39. The van der Waals surface area contributed by atoms with Gasteiger partial charge >= 0.3 is 11.9 Å². The number of esters is 2. The van der Waals surface area contributed by atoms with E-state index in [1.165, 1.54) is 77.0 Å². The van der Waals surface area contributed by atoms with Gasteiger partial charge in [0, 0.05) is 5.57 Å². The lowest BCUT2D eigenvalue weighted by Gasteiger charge is -2.07. The molecule has 4 nitrogen and oxygen atoms in total. The van der Waals surface area contributed by atoms with Gasteiger partial charge in [0.2, 0.25) is 0 Å². The maximum Gasteiger partial charge on any atom is 0.338 e. The molecular formula is C27H42O4. The van der Waals surface area contributed by atoms with Gasteiger partial charge in [-0.15, -0.1) is 0 Å². The molecule has 0 amide bonds. The SMILES string of the molecule is C=C(C)C(=O)Oc1ccc(C(=O)OCCCCCCCCCCCCCCCC)cc1. The summed E-state index contributed by atoms with van der Waals surface area (Å²) in [4.78, 5) is 23.6. The van der Waals surface area contributed by atoms with Crippen molar-refractivity contribution in [2.24, 2.45) is 0 Å². The van der Waals surface area contributed by atoms with Crippen LogP contribution in [0.3, 0.4) is 0 Å². The van der Waals surface area contributed by atoms with Gasteiger partial charge in [0.1, 0.15) is 5.75 Å². The van der Waals surface area contributed by atoms with Gasteiger partial charge < -0.3 is 9.47 Å². The van der Waals surface area contributed by atoms with E-state index in [-0.39, 0.29) is 5.97 Å². The molecule has 174 valence electrons. The van der Waals surface area contributed by atoms with Gasteiger partial charge in [-0.25, -0.2) is 9.59 Å². The first-order valence-corrected chi connectivity index (χ1v) is 12.2. The molecule has 0 radical (unpaired) electrons. The van der Waals surface area contributed by atoms with Gasteiger partial charge in [0.05, 0.1) is 12.2 Å². The lowest BCUT2D eigenvalue weighted by Crippen LogP contribution is -2.09. The average molecular weight is 431 g/mol. The van der Waals surface area contributed by atoms with Crippen LogP contribution in [-0.2, 0) is 9.53 Å². The molecule has 0 unspecified atom stereocenters. The minimum atomic E-state index is -0.479. The average Bonchev–Trinajstić information content (AvgIpc) is 2.76. The fourth-order valence-electron chi connectivity index (χ4n) is 3.40. The number of hydrogen-bond acceptors (Lipinski definition) is 4. The van der Waals surface area contributed by atoms with E-state index in [2.05, 4.69) is 13.5 Å². The van der Waals surface area contributed by atoms with Crippen molar-refractivity contribution in [2.45, 2.75) is 104 Å². The number of hydrogen-bond donors (Lipinski definition) is 0. The van der Waals surface area contributed by atoms with Crippen LogP contribution in [0.15, 0.2) is 36.4 Å². The molecule has 1 rings (SSSR count). The van der Waals surface area contributed by atoms with Crippen LogP contribution in [0.5, 0.6) is 5.75 Å². The first-order chi connectivity index (χ1) is 15.0. The summed E-state index contributed by atoms with van der Waals surface area (Å²) in [5.74, 6) is -0.433. The highest BCUT2D eigenvalue weighted by Crippen LogP contribution is 2.15. The fraction of sp³-hybridized carbons (Fsp3) is 0.630. The molecule has 0 bridgehead atoms. The molecule has 0 atom stereocenters. The highest BCUT2D eigenvalue weighted by molar-refractivity contribution is 5.90. The Morgan fingerprint density at radius 1 is 0.742 bits per heavy atom. The second-order valence-electron chi connectivity index (χ2n) is 8.43. The predicted molar refractivity (Wildman–Crippen MR) is 127 cm³/mol. The van der Waals surface area contributed by atoms with Gasteiger partial charge in [0.25, 0.3) is 0 Å².